The molecule has 3 saturated carbocycles. The van der Waals surface area contributed by atoms with Crippen molar-refractivity contribution in [1.82, 2.24) is 20.3 Å². The van der Waals surface area contributed by atoms with Crippen LogP contribution in [0.3, 0.4) is 0 Å². The van der Waals surface area contributed by atoms with Gasteiger partial charge in [-0.1, -0.05) is 11.6 Å². The third-order valence-corrected chi connectivity index (χ3v) is 8.18. The summed E-state index contributed by atoms with van der Waals surface area (Å²) in [5, 5.41) is 7.03. The van der Waals surface area contributed by atoms with Crippen LogP contribution < -0.4 is 24.8 Å². The summed E-state index contributed by atoms with van der Waals surface area (Å²) >= 11 is 6.47. The average Bonchev–Trinajstić information content (AvgIpc) is 2.92. The van der Waals surface area contributed by atoms with Crippen LogP contribution in [0.4, 0.5) is 5.82 Å². The molecule has 0 unspecified atom stereocenters. The molecule has 0 atom stereocenters. The number of halogens is 1. The number of nitrogens with zero attached hydrogens (tertiary/aromatic N) is 3. The summed E-state index contributed by atoms with van der Waals surface area (Å²) < 4.78 is 17.1. The maximum Gasteiger partial charge on any atom is 0.263 e. The highest BCUT2D eigenvalue weighted by Crippen LogP contribution is 2.53. The van der Waals surface area contributed by atoms with Gasteiger partial charge in [0.1, 0.15) is 10.5 Å². The normalized spacial score (nSPS) is 24.7. The molecule has 7 rings (SSSR count). The Hall–Kier alpha value is -3.17. The zero-order valence-corrected chi connectivity index (χ0v) is 20.9. The minimum absolute atomic E-state index is 0.0369. The van der Waals surface area contributed by atoms with Crippen LogP contribution in [-0.4, -0.2) is 46.7 Å². The summed E-state index contributed by atoms with van der Waals surface area (Å²) in [7, 11) is 1.59. The predicted molar refractivity (Wildman–Crippen MR) is 135 cm³/mol. The molecule has 0 saturated heterocycles. The lowest BCUT2D eigenvalue weighted by Crippen LogP contribution is -2.55. The summed E-state index contributed by atoms with van der Waals surface area (Å²) in [4.78, 5) is 25.1. The van der Waals surface area contributed by atoms with Crippen LogP contribution in [0.25, 0.3) is 11.0 Å². The first-order chi connectivity index (χ1) is 17.5. The van der Waals surface area contributed by atoms with E-state index in [4.69, 9.17) is 25.8 Å². The molecule has 3 aliphatic carbocycles. The molecular weight excluding hydrogens is 482 g/mol. The van der Waals surface area contributed by atoms with Crippen molar-refractivity contribution in [3.05, 3.63) is 41.2 Å². The topological polar surface area (TPSA) is 107 Å². The van der Waals surface area contributed by atoms with Gasteiger partial charge < -0.3 is 24.8 Å². The Morgan fingerprint density at radius 1 is 1.11 bits per heavy atom. The Kier molecular flexibility index (Phi) is 5.84. The van der Waals surface area contributed by atoms with E-state index in [0.29, 0.717) is 46.9 Å². The SMILES string of the molecule is COc1ccc2ncc(Cl)c(OCC34CCC(NCc5ccc6c(n5)NC(=O)CO6)(CC3)CC4)c2n1. The molecule has 0 aromatic carbocycles. The number of nitrogens with one attached hydrogen (secondary N) is 2. The van der Waals surface area contributed by atoms with Gasteiger partial charge in [0, 0.05) is 23.6 Å². The van der Waals surface area contributed by atoms with E-state index in [-0.39, 0.29) is 23.5 Å². The van der Waals surface area contributed by atoms with Crippen molar-refractivity contribution in [1.29, 1.82) is 0 Å². The molecule has 3 aromatic rings. The summed E-state index contributed by atoms with van der Waals surface area (Å²) in [5.74, 6) is 2.02. The Balaban J connectivity index is 1.10. The molecule has 4 heterocycles. The van der Waals surface area contributed by atoms with Crippen LogP contribution in [-0.2, 0) is 11.3 Å². The monoisotopic (exact) mass is 509 g/mol. The number of anilines is 1. The van der Waals surface area contributed by atoms with Gasteiger partial charge in [0.05, 0.1) is 31.1 Å². The van der Waals surface area contributed by atoms with Crippen molar-refractivity contribution in [2.75, 3.05) is 25.6 Å². The minimum atomic E-state index is -0.173. The number of aromatic nitrogens is 3. The molecule has 36 heavy (non-hydrogen) atoms. The highest BCUT2D eigenvalue weighted by molar-refractivity contribution is 6.32. The lowest BCUT2D eigenvalue weighted by atomic mass is 9.57. The van der Waals surface area contributed by atoms with Crippen molar-refractivity contribution < 1.29 is 19.0 Å². The molecule has 10 heteroatoms. The van der Waals surface area contributed by atoms with Gasteiger partial charge in [-0.05, 0) is 56.7 Å². The molecule has 3 aromatic heterocycles. The first-order valence-corrected chi connectivity index (χ1v) is 12.6. The Labute approximate surface area is 213 Å². The fourth-order valence-corrected chi connectivity index (χ4v) is 5.80. The van der Waals surface area contributed by atoms with Crippen molar-refractivity contribution in [3.63, 3.8) is 0 Å². The fraction of sp³-hybridized carbons (Fsp3) is 0.462. The lowest BCUT2D eigenvalue weighted by Gasteiger charge is -2.53. The number of methoxy groups -OCH3 is 1. The van der Waals surface area contributed by atoms with Gasteiger partial charge in [0.2, 0.25) is 5.88 Å². The van der Waals surface area contributed by atoms with Gasteiger partial charge in [-0.2, -0.15) is 0 Å². The summed E-state index contributed by atoms with van der Waals surface area (Å²) in [5.41, 5.74) is 2.48. The summed E-state index contributed by atoms with van der Waals surface area (Å²) in [6.45, 7) is 1.29. The number of amides is 1. The number of hydrogen-bond acceptors (Lipinski definition) is 8. The third kappa shape index (κ3) is 4.30. The van der Waals surface area contributed by atoms with Crippen LogP contribution in [0, 0.1) is 5.41 Å². The Bertz CT molecular complexity index is 1310. The van der Waals surface area contributed by atoms with Gasteiger partial charge >= 0.3 is 0 Å². The highest BCUT2D eigenvalue weighted by atomic mass is 35.5. The van der Waals surface area contributed by atoms with E-state index in [1.165, 1.54) is 0 Å². The second kappa shape index (κ2) is 9.05. The second-order valence-corrected chi connectivity index (χ2v) is 10.5. The number of ether oxygens (including phenoxy) is 3. The molecule has 2 N–H and O–H groups in total. The predicted octanol–water partition coefficient (Wildman–Crippen LogP) is 4.28. The van der Waals surface area contributed by atoms with Gasteiger partial charge in [0.25, 0.3) is 5.91 Å². The van der Waals surface area contributed by atoms with Gasteiger partial charge in [-0.25, -0.2) is 9.97 Å². The van der Waals surface area contributed by atoms with Gasteiger partial charge in [-0.3, -0.25) is 9.78 Å². The molecule has 188 valence electrons. The molecular formula is C26H28ClN5O4. The number of hydrogen-bond donors (Lipinski definition) is 2. The van der Waals surface area contributed by atoms with Gasteiger partial charge in [0.15, 0.2) is 23.9 Å². The largest absolute Gasteiger partial charge is 0.489 e. The number of fused-ring (bicyclic) bond motifs is 5. The van der Waals surface area contributed by atoms with E-state index >= 15 is 0 Å². The second-order valence-electron chi connectivity index (χ2n) is 10.1. The first-order valence-electron chi connectivity index (χ1n) is 12.3. The molecule has 0 radical (unpaired) electrons. The molecule has 2 bridgehead atoms. The van der Waals surface area contributed by atoms with Crippen molar-refractivity contribution in [2.45, 2.75) is 50.6 Å². The number of pyridine rings is 3. The third-order valence-electron chi connectivity index (χ3n) is 7.91. The molecule has 0 spiro atoms. The maximum absolute atomic E-state index is 11.6. The molecule has 9 nitrogen and oxygen atoms in total. The van der Waals surface area contributed by atoms with Crippen LogP contribution in [0.15, 0.2) is 30.5 Å². The van der Waals surface area contributed by atoms with E-state index in [1.807, 2.05) is 18.2 Å². The van der Waals surface area contributed by atoms with Crippen molar-refractivity contribution >= 4 is 34.4 Å². The molecule has 4 aliphatic rings. The maximum atomic E-state index is 11.6. The first kappa shape index (κ1) is 23.2. The number of carbonyl (C=O) groups is 1. The average molecular weight is 510 g/mol. The van der Waals surface area contributed by atoms with Crippen LogP contribution >= 0.6 is 11.6 Å². The molecule has 1 aliphatic heterocycles. The van der Waals surface area contributed by atoms with E-state index in [9.17, 15) is 4.79 Å². The number of rotatable bonds is 7. The summed E-state index contributed by atoms with van der Waals surface area (Å²) in [6.07, 6.45) is 8.11. The Morgan fingerprint density at radius 3 is 2.69 bits per heavy atom. The van der Waals surface area contributed by atoms with Crippen molar-refractivity contribution in [3.8, 4) is 17.4 Å². The highest BCUT2D eigenvalue weighted by Gasteiger charge is 2.48. The van der Waals surface area contributed by atoms with E-state index in [2.05, 4.69) is 25.6 Å². The van der Waals surface area contributed by atoms with Crippen LogP contribution in [0.2, 0.25) is 5.02 Å². The minimum Gasteiger partial charge on any atom is -0.489 e. The lowest BCUT2D eigenvalue weighted by molar-refractivity contribution is -0.118. The van der Waals surface area contributed by atoms with Crippen molar-refractivity contribution in [2.24, 2.45) is 5.41 Å². The number of carbonyl (C=O) groups excluding carboxylic acids is 1. The van der Waals surface area contributed by atoms with E-state index < -0.39 is 0 Å². The van der Waals surface area contributed by atoms with E-state index in [1.54, 1.807) is 19.4 Å². The van der Waals surface area contributed by atoms with Crippen LogP contribution in [0.1, 0.15) is 44.2 Å². The smallest absolute Gasteiger partial charge is 0.263 e. The Morgan fingerprint density at radius 2 is 1.92 bits per heavy atom. The molecule has 3 fully saturated rings. The molecule has 1 amide bonds. The fourth-order valence-electron chi connectivity index (χ4n) is 5.61. The quantitative estimate of drug-likeness (QED) is 0.486. The zero-order chi connectivity index (χ0) is 24.8. The van der Waals surface area contributed by atoms with Gasteiger partial charge in [-0.15, -0.1) is 0 Å². The zero-order valence-electron chi connectivity index (χ0n) is 20.1. The summed E-state index contributed by atoms with van der Waals surface area (Å²) in [6, 6.07) is 7.47. The standard InChI is InChI=1S/C26H28ClN5O4/c1-34-21-5-3-18-22(32-21)23(17(27)13-28-18)36-15-25-6-9-26(10-7-25,11-8-25)29-12-16-2-4-19-24(30-16)31-20(33)14-35-19/h2-5,13,29H,6-12,14-15H2,1H3,(H,30,31,33). The van der Waals surface area contributed by atoms with E-state index in [0.717, 1.165) is 49.7 Å². The van der Waals surface area contributed by atoms with Crippen LogP contribution in [0.5, 0.6) is 17.4 Å².